The molecule has 0 amide bonds. The second-order valence-electron chi connectivity index (χ2n) is 3.82. The van der Waals surface area contributed by atoms with E-state index >= 15 is 0 Å². The fraction of sp³-hybridized carbons (Fsp3) is 0.273. The summed E-state index contributed by atoms with van der Waals surface area (Å²) < 4.78 is 0. The summed E-state index contributed by atoms with van der Waals surface area (Å²) in [6, 6.07) is 7.82. The van der Waals surface area contributed by atoms with Crippen molar-refractivity contribution in [2.24, 2.45) is 0 Å². The Morgan fingerprint density at radius 3 is 2.33 bits per heavy atom. The summed E-state index contributed by atoms with van der Waals surface area (Å²) >= 11 is 0. The van der Waals surface area contributed by atoms with Crippen LogP contribution in [-0.4, -0.2) is 26.1 Å². The van der Waals surface area contributed by atoms with Crippen LogP contribution in [0.25, 0.3) is 10.9 Å². The lowest BCUT2D eigenvalue weighted by atomic mass is 10.2. The van der Waals surface area contributed by atoms with Crippen LogP contribution in [0.4, 0.5) is 5.69 Å². The van der Waals surface area contributed by atoms with E-state index < -0.39 is 0 Å². The molecule has 0 radical (unpaired) electrons. The Morgan fingerprint density at radius 1 is 1.13 bits per heavy atom. The number of H-pyrrole nitrogens is 1. The highest BCUT2D eigenvalue weighted by Gasteiger charge is 1.91. The minimum Gasteiger partial charge on any atom is -1.00 e. The molecule has 2 rings (SSSR count). The molecule has 0 aliphatic carbocycles. The fourth-order valence-corrected chi connectivity index (χ4v) is 1.07. The van der Waals surface area contributed by atoms with Gasteiger partial charge in [-0.25, -0.2) is 0 Å². The van der Waals surface area contributed by atoms with Gasteiger partial charge in [-0.3, -0.25) is 0 Å². The standard InChI is InChI=1S/C8H8N2.C3H9N.ClH/c9-7-1-2-8-6(5-7)3-4-10-8;1-4(2)3;/h1-5,10H,9H2;1-3H3;1H. The number of hydrogen-bond acceptors (Lipinski definition) is 1. The van der Waals surface area contributed by atoms with Gasteiger partial charge in [-0.2, -0.15) is 0 Å². The predicted molar refractivity (Wildman–Crippen MR) is 61.4 cm³/mol. The lowest BCUT2D eigenvalue weighted by Crippen LogP contribution is -3.02. The molecule has 84 valence electrons. The first kappa shape index (κ1) is 13.8. The van der Waals surface area contributed by atoms with Crippen LogP contribution in [0, 0.1) is 0 Å². The summed E-state index contributed by atoms with van der Waals surface area (Å²) in [6.07, 6.45) is 1.91. The third-order valence-corrected chi connectivity index (χ3v) is 1.58. The Balaban J connectivity index is 0.000000346. The predicted octanol–water partition coefficient (Wildman–Crippen LogP) is -2.49. The van der Waals surface area contributed by atoms with Gasteiger partial charge in [0.2, 0.25) is 0 Å². The smallest absolute Gasteiger partial charge is 0.0661 e. The molecule has 1 aromatic heterocycles. The number of nitrogens with one attached hydrogen (secondary N) is 2. The number of hydrogen-bond donors (Lipinski definition) is 3. The Labute approximate surface area is 96.7 Å². The van der Waals surface area contributed by atoms with Gasteiger partial charge in [0, 0.05) is 22.8 Å². The highest BCUT2D eigenvalue weighted by atomic mass is 35.5. The van der Waals surface area contributed by atoms with Gasteiger partial charge in [0.05, 0.1) is 21.1 Å². The van der Waals surface area contributed by atoms with Crippen LogP contribution in [0.2, 0.25) is 0 Å². The van der Waals surface area contributed by atoms with E-state index in [1.165, 1.54) is 10.3 Å². The number of aromatic nitrogens is 1. The number of rotatable bonds is 0. The molecule has 0 saturated heterocycles. The van der Waals surface area contributed by atoms with E-state index in [1.807, 2.05) is 30.5 Å². The number of anilines is 1. The van der Waals surface area contributed by atoms with Crippen molar-refractivity contribution in [3.63, 3.8) is 0 Å². The SMILES string of the molecule is C[NH+](C)C.Nc1ccc2[nH]ccc2c1.[Cl-]. The molecule has 0 fully saturated rings. The summed E-state index contributed by atoms with van der Waals surface area (Å²) in [7, 11) is 6.25. The van der Waals surface area contributed by atoms with E-state index in [0.717, 1.165) is 11.2 Å². The third-order valence-electron chi connectivity index (χ3n) is 1.58. The fourth-order valence-electron chi connectivity index (χ4n) is 1.07. The first-order valence-electron chi connectivity index (χ1n) is 4.69. The minimum absolute atomic E-state index is 0. The average molecular weight is 228 g/mol. The molecule has 0 aliphatic rings. The number of fused-ring (bicyclic) bond motifs is 1. The van der Waals surface area contributed by atoms with Crippen molar-refractivity contribution < 1.29 is 17.3 Å². The molecule has 4 heteroatoms. The van der Waals surface area contributed by atoms with Gasteiger partial charge in [-0.1, -0.05) is 0 Å². The maximum Gasteiger partial charge on any atom is 0.0661 e. The van der Waals surface area contributed by atoms with Crippen molar-refractivity contribution in [1.29, 1.82) is 0 Å². The van der Waals surface area contributed by atoms with E-state index in [0.29, 0.717) is 0 Å². The van der Waals surface area contributed by atoms with Crippen LogP contribution in [0.1, 0.15) is 0 Å². The van der Waals surface area contributed by atoms with Crippen molar-refractivity contribution in [2.75, 3.05) is 26.9 Å². The topological polar surface area (TPSA) is 46.2 Å². The molecule has 3 nitrogen and oxygen atoms in total. The van der Waals surface area contributed by atoms with Crippen LogP contribution < -0.4 is 23.0 Å². The second-order valence-corrected chi connectivity index (χ2v) is 3.82. The van der Waals surface area contributed by atoms with Crippen molar-refractivity contribution in [3.05, 3.63) is 30.5 Å². The van der Waals surface area contributed by atoms with Gasteiger partial charge in [0.15, 0.2) is 0 Å². The van der Waals surface area contributed by atoms with Gasteiger partial charge in [-0.15, -0.1) is 0 Å². The van der Waals surface area contributed by atoms with Gasteiger partial charge in [-0.05, 0) is 24.3 Å². The van der Waals surface area contributed by atoms with Crippen molar-refractivity contribution >= 4 is 16.6 Å². The molecular formula is C11H18ClN3. The Hall–Kier alpha value is -1.19. The lowest BCUT2D eigenvalue weighted by molar-refractivity contribution is -0.836. The number of nitrogens with two attached hydrogens (primary N) is 1. The van der Waals surface area contributed by atoms with Crippen LogP contribution in [-0.2, 0) is 0 Å². The molecule has 0 spiro atoms. The molecule has 0 bridgehead atoms. The maximum atomic E-state index is 5.57. The molecule has 0 saturated carbocycles. The first-order valence-corrected chi connectivity index (χ1v) is 4.69. The summed E-state index contributed by atoms with van der Waals surface area (Å²) in [5, 5.41) is 1.17. The average Bonchev–Trinajstić information content (AvgIpc) is 2.49. The molecular weight excluding hydrogens is 210 g/mol. The summed E-state index contributed by atoms with van der Waals surface area (Å²) in [6.45, 7) is 0. The molecule has 2 aromatic rings. The van der Waals surface area contributed by atoms with Gasteiger partial charge >= 0.3 is 0 Å². The van der Waals surface area contributed by atoms with Crippen LogP contribution in [0.15, 0.2) is 30.5 Å². The van der Waals surface area contributed by atoms with E-state index in [9.17, 15) is 0 Å². The minimum atomic E-state index is 0. The van der Waals surface area contributed by atoms with E-state index in [-0.39, 0.29) is 12.4 Å². The Morgan fingerprint density at radius 2 is 1.73 bits per heavy atom. The zero-order chi connectivity index (χ0) is 10.6. The monoisotopic (exact) mass is 227 g/mol. The van der Waals surface area contributed by atoms with E-state index in [2.05, 4.69) is 26.1 Å². The van der Waals surface area contributed by atoms with E-state index in [1.54, 1.807) is 0 Å². The second kappa shape index (κ2) is 6.32. The molecule has 15 heavy (non-hydrogen) atoms. The van der Waals surface area contributed by atoms with Crippen LogP contribution in [0.5, 0.6) is 0 Å². The number of quaternary nitrogens is 1. The molecule has 0 unspecified atom stereocenters. The molecule has 4 N–H and O–H groups in total. The Kier molecular flexibility index (Phi) is 5.82. The number of aromatic amines is 1. The van der Waals surface area contributed by atoms with Crippen LogP contribution >= 0.6 is 0 Å². The van der Waals surface area contributed by atoms with Crippen LogP contribution in [0.3, 0.4) is 0 Å². The zero-order valence-electron chi connectivity index (χ0n) is 9.34. The third kappa shape index (κ3) is 4.72. The molecule has 0 atom stereocenters. The first-order chi connectivity index (χ1) is 6.59. The lowest BCUT2D eigenvalue weighted by Gasteiger charge is -1.90. The maximum absolute atomic E-state index is 5.57. The summed E-state index contributed by atoms with van der Waals surface area (Å²) in [5.41, 5.74) is 7.51. The normalized spacial score (nSPS) is 9.33. The number of benzene rings is 1. The molecule has 0 aliphatic heterocycles. The van der Waals surface area contributed by atoms with Crippen molar-refractivity contribution in [3.8, 4) is 0 Å². The summed E-state index contributed by atoms with van der Waals surface area (Å²) in [4.78, 5) is 4.51. The van der Waals surface area contributed by atoms with Crippen molar-refractivity contribution in [2.45, 2.75) is 0 Å². The molecule has 1 heterocycles. The van der Waals surface area contributed by atoms with Crippen molar-refractivity contribution in [1.82, 2.24) is 4.98 Å². The van der Waals surface area contributed by atoms with E-state index in [4.69, 9.17) is 5.73 Å². The quantitative estimate of drug-likeness (QED) is 0.429. The molecule has 1 aromatic carbocycles. The largest absolute Gasteiger partial charge is 1.00 e. The Bertz CT molecular complexity index is 393. The highest BCUT2D eigenvalue weighted by molar-refractivity contribution is 5.82. The summed E-state index contributed by atoms with van der Waals surface area (Å²) in [5.74, 6) is 0. The van der Waals surface area contributed by atoms with Gasteiger partial charge in [0.1, 0.15) is 0 Å². The van der Waals surface area contributed by atoms with Gasteiger partial charge < -0.3 is 28.0 Å². The van der Waals surface area contributed by atoms with Gasteiger partial charge in [0.25, 0.3) is 0 Å². The number of halogens is 1. The zero-order valence-corrected chi connectivity index (χ0v) is 10.1. The highest BCUT2D eigenvalue weighted by Crippen LogP contribution is 2.14. The number of nitrogen functional groups attached to an aromatic ring is 1.